The van der Waals surface area contributed by atoms with Crippen LogP contribution in [0.4, 0.5) is 11.5 Å². The molecule has 30 heavy (non-hydrogen) atoms. The van der Waals surface area contributed by atoms with Gasteiger partial charge in [-0.3, -0.25) is 9.36 Å². The highest BCUT2D eigenvalue weighted by atomic mass is 16.5. The molecule has 1 fully saturated rings. The smallest absolute Gasteiger partial charge is 0.300 e. The van der Waals surface area contributed by atoms with Crippen molar-refractivity contribution < 1.29 is 45.2 Å². The van der Waals surface area contributed by atoms with E-state index in [1.54, 1.807) is 0 Å². The number of aliphatic imine (C=N–C) groups is 1. The van der Waals surface area contributed by atoms with Gasteiger partial charge in [0.05, 0.1) is 20.3 Å². The first-order valence-electron chi connectivity index (χ1n) is 8.88. The molecule has 14 nitrogen and oxygen atoms in total. The Morgan fingerprint density at radius 2 is 2.00 bits per heavy atom. The monoisotopic (exact) mass is 434 g/mol. The first kappa shape index (κ1) is 24.1. The van der Waals surface area contributed by atoms with Crippen LogP contribution < -0.4 is 15.6 Å². The molecule has 0 amide bonds. The summed E-state index contributed by atoms with van der Waals surface area (Å²) in [5.41, 5.74) is -1.12. The fourth-order valence-electron chi connectivity index (χ4n) is 2.61. The number of nitrogens with zero attached hydrogens (tertiary/aromatic N) is 3. The van der Waals surface area contributed by atoms with Crippen LogP contribution in [0, 0.1) is 0 Å². The molecule has 0 bridgehead atoms. The third-order valence-corrected chi connectivity index (χ3v) is 4.48. The molecular formula is C16H26N4O10. The largest absolute Gasteiger partial charge is 0.468 e. The number of rotatable bonds is 8. The van der Waals surface area contributed by atoms with Crippen LogP contribution in [-0.2, 0) is 11.8 Å². The highest BCUT2D eigenvalue weighted by molar-refractivity contribution is 5.72. The van der Waals surface area contributed by atoms with Crippen molar-refractivity contribution in [3.8, 4) is 6.01 Å². The number of hydrogen-bond acceptors (Lipinski definition) is 13. The minimum absolute atomic E-state index is 0.136. The topological polar surface area (TPSA) is 219 Å². The number of aliphatic hydroxyl groups is 7. The fourth-order valence-corrected chi connectivity index (χ4v) is 2.61. The molecule has 2 rings (SSSR count). The molecule has 7 atom stereocenters. The van der Waals surface area contributed by atoms with E-state index in [4.69, 9.17) is 14.6 Å². The van der Waals surface area contributed by atoms with Crippen molar-refractivity contribution in [3.05, 3.63) is 10.4 Å². The van der Waals surface area contributed by atoms with Crippen LogP contribution in [0.5, 0.6) is 6.01 Å². The Balaban J connectivity index is 2.38. The predicted octanol–water partition coefficient (Wildman–Crippen LogP) is -4.58. The number of methoxy groups -OCH3 is 1. The quantitative estimate of drug-likeness (QED) is 0.181. The third-order valence-electron chi connectivity index (χ3n) is 4.48. The van der Waals surface area contributed by atoms with E-state index in [9.17, 15) is 35.4 Å². The predicted molar refractivity (Wildman–Crippen MR) is 101 cm³/mol. The van der Waals surface area contributed by atoms with Crippen LogP contribution in [0.2, 0.25) is 0 Å². The maximum Gasteiger partial charge on any atom is 0.300 e. The first-order valence-corrected chi connectivity index (χ1v) is 8.88. The molecule has 1 aromatic heterocycles. The molecule has 2 heterocycles. The highest BCUT2D eigenvalue weighted by Gasteiger charge is 2.38. The zero-order chi connectivity index (χ0) is 22.6. The summed E-state index contributed by atoms with van der Waals surface area (Å²) in [5.74, 6) is -0.247. The van der Waals surface area contributed by atoms with Crippen LogP contribution in [0.25, 0.3) is 0 Å². The van der Waals surface area contributed by atoms with Gasteiger partial charge in [-0.2, -0.15) is 4.98 Å². The lowest BCUT2D eigenvalue weighted by atomic mass is 10.0. The van der Waals surface area contributed by atoms with Crippen LogP contribution in [-0.4, -0.2) is 115 Å². The van der Waals surface area contributed by atoms with Gasteiger partial charge in [0.15, 0.2) is 17.7 Å². The van der Waals surface area contributed by atoms with Crippen molar-refractivity contribution in [1.82, 2.24) is 9.55 Å². The van der Waals surface area contributed by atoms with Crippen molar-refractivity contribution in [2.45, 2.75) is 42.9 Å². The van der Waals surface area contributed by atoms with Crippen molar-refractivity contribution in [3.63, 3.8) is 0 Å². The first-order chi connectivity index (χ1) is 14.1. The standard InChI is InChI=1S/C16H26N4O10/c1-20-15(28)9(17-3-6(22)10(25)7(23)4-21)13(19-16(20)29-2)18-14-12(27)11(26)8(24)5-30-14/h3,6-8,10-12,14,18,21-27H,4-5H2,1-2H3/t6-,7+,8+,10+,11-,12+,14+/m0/s1. The number of nitrogens with one attached hydrogen (secondary N) is 1. The molecule has 1 aromatic rings. The van der Waals surface area contributed by atoms with Crippen LogP contribution in [0.15, 0.2) is 9.79 Å². The van der Waals surface area contributed by atoms with Gasteiger partial charge >= 0.3 is 6.01 Å². The Hall–Kier alpha value is -2.17. The summed E-state index contributed by atoms with van der Waals surface area (Å²) < 4.78 is 11.2. The molecular weight excluding hydrogens is 408 g/mol. The number of anilines is 1. The van der Waals surface area contributed by atoms with Crippen molar-refractivity contribution >= 4 is 17.7 Å². The zero-order valence-corrected chi connectivity index (χ0v) is 16.2. The molecule has 1 aliphatic heterocycles. The maximum atomic E-state index is 12.6. The Morgan fingerprint density at radius 3 is 2.60 bits per heavy atom. The van der Waals surface area contributed by atoms with E-state index in [1.807, 2.05) is 0 Å². The van der Waals surface area contributed by atoms with E-state index in [0.717, 1.165) is 10.8 Å². The third kappa shape index (κ3) is 5.11. The van der Waals surface area contributed by atoms with Gasteiger partial charge < -0.3 is 50.5 Å². The van der Waals surface area contributed by atoms with E-state index in [0.29, 0.717) is 0 Å². The summed E-state index contributed by atoms with van der Waals surface area (Å²) in [6.07, 6.45) is -10.1. The van der Waals surface area contributed by atoms with E-state index < -0.39 is 55.0 Å². The van der Waals surface area contributed by atoms with Gasteiger partial charge in [0.25, 0.3) is 5.56 Å². The molecule has 0 unspecified atom stereocenters. The minimum Gasteiger partial charge on any atom is -0.468 e. The normalized spacial score (nSPS) is 27.6. The van der Waals surface area contributed by atoms with E-state index in [1.165, 1.54) is 14.2 Å². The highest BCUT2D eigenvalue weighted by Crippen LogP contribution is 2.25. The number of aromatic nitrogens is 2. The summed E-state index contributed by atoms with van der Waals surface area (Å²) >= 11 is 0. The summed E-state index contributed by atoms with van der Waals surface area (Å²) in [4.78, 5) is 20.5. The Labute approximate surface area is 170 Å². The molecule has 0 spiro atoms. The molecule has 1 aliphatic rings. The molecule has 0 saturated carbocycles. The molecule has 0 radical (unpaired) electrons. The average Bonchev–Trinajstić information content (AvgIpc) is 2.74. The summed E-state index contributed by atoms with van der Waals surface area (Å²) in [5, 5.41) is 69.8. The number of aliphatic hydroxyl groups excluding tert-OH is 7. The maximum absolute atomic E-state index is 12.6. The van der Waals surface area contributed by atoms with E-state index >= 15 is 0 Å². The van der Waals surface area contributed by atoms with Gasteiger partial charge in [-0.05, 0) is 0 Å². The van der Waals surface area contributed by atoms with Gasteiger partial charge in [-0.1, -0.05) is 0 Å². The second-order valence-corrected chi connectivity index (χ2v) is 6.62. The van der Waals surface area contributed by atoms with Crippen molar-refractivity contribution in [2.75, 3.05) is 25.6 Å². The molecule has 1 saturated heterocycles. The summed E-state index contributed by atoms with van der Waals surface area (Å²) in [6.45, 7) is -1.11. The van der Waals surface area contributed by atoms with Gasteiger partial charge in [0.2, 0.25) is 0 Å². The van der Waals surface area contributed by atoms with E-state index in [2.05, 4.69) is 15.3 Å². The number of ether oxygens (including phenoxy) is 2. The molecule has 14 heteroatoms. The van der Waals surface area contributed by atoms with Gasteiger partial charge in [0.1, 0.15) is 36.6 Å². The molecule has 8 N–H and O–H groups in total. The lowest BCUT2D eigenvalue weighted by Crippen LogP contribution is -2.55. The Kier molecular flexibility index (Phi) is 8.22. The lowest BCUT2D eigenvalue weighted by Gasteiger charge is -2.35. The van der Waals surface area contributed by atoms with Crippen LogP contribution in [0.1, 0.15) is 0 Å². The Bertz CT molecular complexity index is 803. The number of hydrogen-bond donors (Lipinski definition) is 8. The van der Waals surface area contributed by atoms with Gasteiger partial charge in [-0.25, -0.2) is 4.99 Å². The minimum atomic E-state index is -1.77. The summed E-state index contributed by atoms with van der Waals surface area (Å²) in [7, 11) is 2.60. The zero-order valence-electron chi connectivity index (χ0n) is 16.2. The second-order valence-electron chi connectivity index (χ2n) is 6.62. The van der Waals surface area contributed by atoms with Gasteiger partial charge in [-0.15, -0.1) is 0 Å². The van der Waals surface area contributed by atoms with Crippen molar-refractivity contribution in [2.24, 2.45) is 12.0 Å². The molecule has 0 aromatic carbocycles. The molecule has 170 valence electrons. The summed E-state index contributed by atoms with van der Waals surface area (Å²) in [6, 6.07) is -0.136. The van der Waals surface area contributed by atoms with Crippen LogP contribution >= 0.6 is 0 Å². The average molecular weight is 434 g/mol. The fraction of sp³-hybridized carbons (Fsp3) is 0.688. The van der Waals surface area contributed by atoms with E-state index in [-0.39, 0.29) is 24.1 Å². The SMILES string of the molecule is COc1nc(N[C@@H]2OC[C@@H](O)[C@H](O)[C@H]2O)c(N=C[C@H](O)[C@@H](O)[C@H](O)CO)c(=O)n1C. The van der Waals surface area contributed by atoms with Crippen molar-refractivity contribution in [1.29, 1.82) is 0 Å². The molecule has 0 aliphatic carbocycles. The van der Waals surface area contributed by atoms with Crippen LogP contribution in [0.3, 0.4) is 0 Å². The van der Waals surface area contributed by atoms with Gasteiger partial charge in [0, 0.05) is 13.3 Å². The lowest BCUT2D eigenvalue weighted by molar-refractivity contribution is -0.178. The Morgan fingerprint density at radius 1 is 1.33 bits per heavy atom. The second kappa shape index (κ2) is 10.2.